The number of benzene rings is 2. The number of anilines is 1. The second kappa shape index (κ2) is 10.6. The van der Waals surface area contributed by atoms with Gasteiger partial charge in [0, 0.05) is 31.2 Å². The van der Waals surface area contributed by atoms with Crippen molar-refractivity contribution < 1.29 is 28.5 Å². The molecule has 0 amide bonds. The summed E-state index contributed by atoms with van der Waals surface area (Å²) in [6.45, 7) is 3.18. The average molecular weight is 502 g/mol. The molecular formula is C25H31N3O6S. The number of hydrogen-bond acceptors (Lipinski definition) is 8. The Hall–Kier alpha value is -2.52. The number of ether oxygens (including phenoxy) is 1. The number of nitriles is 1. The van der Waals surface area contributed by atoms with Gasteiger partial charge in [-0.2, -0.15) is 5.26 Å². The molecule has 10 heteroatoms. The number of sulfonamides is 1. The molecule has 2 saturated heterocycles. The van der Waals surface area contributed by atoms with Gasteiger partial charge in [0.25, 0.3) is 10.0 Å². The van der Waals surface area contributed by atoms with Crippen molar-refractivity contribution in [2.24, 2.45) is 5.92 Å². The van der Waals surface area contributed by atoms with Crippen LogP contribution in [0.4, 0.5) is 5.69 Å². The molecule has 2 fully saturated rings. The van der Waals surface area contributed by atoms with E-state index in [9.17, 15) is 29.0 Å². The summed E-state index contributed by atoms with van der Waals surface area (Å²) in [4.78, 5) is 1.87. The van der Waals surface area contributed by atoms with Crippen molar-refractivity contribution in [3.63, 3.8) is 0 Å². The topological polar surface area (TPSA) is 143 Å². The SMILES string of the molecule is C[C@H]1C(O)O[C@H](CNS(=O)(=O)/C(C#N)=C/c2ccc3cc(N4CCCCC4)ccc3c2)[C@@H](O)[C@@H]1O. The fourth-order valence-corrected chi connectivity index (χ4v) is 5.48. The molecule has 4 N–H and O–H groups in total. The molecule has 5 atom stereocenters. The van der Waals surface area contributed by atoms with Crippen LogP contribution in [0, 0.1) is 17.2 Å². The Bertz CT molecular complexity index is 1240. The van der Waals surface area contributed by atoms with E-state index >= 15 is 0 Å². The van der Waals surface area contributed by atoms with E-state index in [1.54, 1.807) is 12.1 Å². The molecule has 188 valence electrons. The highest BCUT2D eigenvalue weighted by Crippen LogP contribution is 2.27. The van der Waals surface area contributed by atoms with Gasteiger partial charge in [-0.15, -0.1) is 0 Å². The monoisotopic (exact) mass is 501 g/mol. The minimum Gasteiger partial charge on any atom is -0.390 e. The van der Waals surface area contributed by atoms with Crippen LogP contribution in [0.5, 0.6) is 0 Å². The molecule has 0 spiro atoms. The van der Waals surface area contributed by atoms with Crippen LogP contribution < -0.4 is 9.62 Å². The van der Waals surface area contributed by atoms with Gasteiger partial charge in [-0.1, -0.05) is 25.1 Å². The number of fused-ring (bicyclic) bond motifs is 1. The van der Waals surface area contributed by atoms with Gasteiger partial charge in [0.2, 0.25) is 0 Å². The van der Waals surface area contributed by atoms with Gasteiger partial charge in [0.15, 0.2) is 11.2 Å². The third kappa shape index (κ3) is 5.67. The lowest BCUT2D eigenvalue weighted by molar-refractivity contribution is -0.257. The summed E-state index contributed by atoms with van der Waals surface area (Å²) >= 11 is 0. The van der Waals surface area contributed by atoms with E-state index in [2.05, 4.69) is 21.8 Å². The zero-order valence-corrected chi connectivity index (χ0v) is 20.4. The largest absolute Gasteiger partial charge is 0.390 e. The molecule has 9 nitrogen and oxygen atoms in total. The first-order valence-electron chi connectivity index (χ1n) is 11.8. The minimum absolute atomic E-state index is 0.416. The molecule has 2 aromatic rings. The van der Waals surface area contributed by atoms with Crippen LogP contribution >= 0.6 is 0 Å². The molecular weight excluding hydrogens is 470 g/mol. The molecule has 35 heavy (non-hydrogen) atoms. The number of aliphatic hydroxyl groups excluding tert-OH is 3. The summed E-state index contributed by atoms with van der Waals surface area (Å²) in [7, 11) is -4.23. The van der Waals surface area contributed by atoms with Gasteiger partial charge < -0.3 is 25.0 Å². The summed E-state index contributed by atoms with van der Waals surface area (Å²) in [5.41, 5.74) is 1.72. The van der Waals surface area contributed by atoms with Crippen molar-refractivity contribution >= 4 is 32.6 Å². The molecule has 4 rings (SSSR count). The van der Waals surface area contributed by atoms with E-state index in [0.29, 0.717) is 5.56 Å². The molecule has 0 saturated carbocycles. The maximum absolute atomic E-state index is 12.8. The summed E-state index contributed by atoms with van der Waals surface area (Å²) < 4.78 is 33.0. The fourth-order valence-electron chi connectivity index (χ4n) is 4.53. The highest BCUT2D eigenvalue weighted by atomic mass is 32.2. The number of nitrogens with one attached hydrogen (secondary N) is 1. The van der Waals surface area contributed by atoms with Crippen LogP contribution in [-0.4, -0.2) is 68.0 Å². The Kier molecular flexibility index (Phi) is 7.76. The van der Waals surface area contributed by atoms with Crippen molar-refractivity contribution in [3.8, 4) is 6.07 Å². The van der Waals surface area contributed by atoms with E-state index in [-0.39, 0.29) is 0 Å². The van der Waals surface area contributed by atoms with E-state index in [1.807, 2.05) is 18.2 Å². The van der Waals surface area contributed by atoms with Crippen molar-refractivity contribution in [2.75, 3.05) is 24.5 Å². The van der Waals surface area contributed by atoms with Crippen LogP contribution in [0.15, 0.2) is 41.3 Å². The average Bonchev–Trinajstić information content (AvgIpc) is 2.87. The number of allylic oxidation sites excluding steroid dienone is 1. The predicted molar refractivity (Wildman–Crippen MR) is 133 cm³/mol. The lowest BCUT2D eigenvalue weighted by atomic mass is 9.92. The molecule has 2 aliphatic heterocycles. The normalized spacial score (nSPS) is 28.1. The summed E-state index contributed by atoms with van der Waals surface area (Å²) in [6, 6.07) is 13.4. The molecule has 2 aliphatic rings. The maximum Gasteiger partial charge on any atom is 0.250 e. The van der Waals surface area contributed by atoms with Gasteiger partial charge >= 0.3 is 0 Å². The molecule has 0 radical (unpaired) electrons. The number of rotatable bonds is 6. The Balaban J connectivity index is 1.49. The Morgan fingerprint density at radius 3 is 2.51 bits per heavy atom. The van der Waals surface area contributed by atoms with Gasteiger partial charge in [0.05, 0.1) is 6.10 Å². The maximum atomic E-state index is 12.8. The molecule has 1 unspecified atom stereocenters. The summed E-state index contributed by atoms with van der Waals surface area (Å²) in [5, 5.41) is 41.5. The smallest absolute Gasteiger partial charge is 0.250 e. The zero-order chi connectivity index (χ0) is 25.2. The van der Waals surface area contributed by atoms with Crippen LogP contribution in [0.3, 0.4) is 0 Å². The third-order valence-corrected chi connectivity index (χ3v) is 8.11. The molecule has 0 aliphatic carbocycles. The first-order valence-corrected chi connectivity index (χ1v) is 13.3. The molecule has 2 aromatic carbocycles. The van der Waals surface area contributed by atoms with Crippen LogP contribution in [-0.2, 0) is 14.8 Å². The fraction of sp³-hybridized carbons (Fsp3) is 0.480. The Morgan fingerprint density at radius 2 is 1.80 bits per heavy atom. The lowest BCUT2D eigenvalue weighted by Crippen LogP contribution is -2.56. The minimum atomic E-state index is -4.23. The number of piperidine rings is 1. The van der Waals surface area contributed by atoms with Crippen LogP contribution in [0.25, 0.3) is 16.8 Å². The van der Waals surface area contributed by atoms with Gasteiger partial charge in [0.1, 0.15) is 18.3 Å². The predicted octanol–water partition coefficient (Wildman–Crippen LogP) is 1.69. The third-order valence-electron chi connectivity index (χ3n) is 6.77. The highest BCUT2D eigenvalue weighted by molar-refractivity contribution is 7.93. The van der Waals surface area contributed by atoms with E-state index in [4.69, 9.17) is 4.74 Å². The number of hydrogen-bond donors (Lipinski definition) is 4. The van der Waals surface area contributed by atoms with Crippen molar-refractivity contribution in [2.45, 2.75) is 50.8 Å². The van der Waals surface area contributed by atoms with Gasteiger partial charge in [-0.05, 0) is 59.9 Å². The van der Waals surface area contributed by atoms with Crippen molar-refractivity contribution in [1.82, 2.24) is 4.72 Å². The van der Waals surface area contributed by atoms with E-state index < -0.39 is 52.0 Å². The molecule has 2 heterocycles. The number of aliphatic hydroxyl groups is 3. The van der Waals surface area contributed by atoms with Gasteiger partial charge in [-0.3, -0.25) is 0 Å². The quantitative estimate of drug-likeness (QED) is 0.438. The highest BCUT2D eigenvalue weighted by Gasteiger charge is 2.41. The number of nitrogens with zero attached hydrogens (tertiary/aromatic N) is 2. The summed E-state index contributed by atoms with van der Waals surface area (Å²) in [5.74, 6) is -0.726. The van der Waals surface area contributed by atoms with E-state index in [0.717, 1.165) is 23.9 Å². The molecule has 0 aromatic heterocycles. The molecule has 0 bridgehead atoms. The Morgan fingerprint density at radius 1 is 1.11 bits per heavy atom. The van der Waals surface area contributed by atoms with Crippen molar-refractivity contribution in [3.05, 3.63) is 46.9 Å². The Labute approximate surface area is 205 Å². The zero-order valence-electron chi connectivity index (χ0n) is 19.5. The van der Waals surface area contributed by atoms with Crippen molar-refractivity contribution in [1.29, 1.82) is 5.26 Å². The second-order valence-electron chi connectivity index (χ2n) is 9.22. The van der Waals surface area contributed by atoms with Crippen LogP contribution in [0.1, 0.15) is 31.7 Å². The van der Waals surface area contributed by atoms with Crippen LogP contribution in [0.2, 0.25) is 0 Å². The summed E-state index contributed by atoms with van der Waals surface area (Å²) in [6.07, 6.45) is -0.253. The standard InChI is InChI=1S/C25H31N3O6S/c1-16-23(29)24(30)22(34-25(16)31)15-27-35(32,33)21(14-26)12-17-5-6-19-13-20(8-7-18(19)11-17)28-9-3-2-4-10-28/h5-8,11-13,16,22-25,27,29-31H,2-4,9-10,15H2,1H3/b21-12+/t16-,22-,23-,24-,25?/m1/s1. The second-order valence-corrected chi connectivity index (χ2v) is 11.0. The first kappa shape index (κ1) is 25.6. The first-order chi connectivity index (χ1) is 16.7. The lowest BCUT2D eigenvalue weighted by Gasteiger charge is -2.39. The van der Waals surface area contributed by atoms with E-state index in [1.165, 1.54) is 37.9 Å². The van der Waals surface area contributed by atoms with Gasteiger partial charge in [-0.25, -0.2) is 13.1 Å².